The summed E-state index contributed by atoms with van der Waals surface area (Å²) < 4.78 is 1.60. The number of rotatable bonds is 6. The Hall–Kier alpha value is -2.44. The van der Waals surface area contributed by atoms with Crippen LogP contribution in [0, 0.1) is 0 Å². The minimum atomic E-state index is -0.306. The summed E-state index contributed by atoms with van der Waals surface area (Å²) in [4.78, 5) is 10.6. The van der Waals surface area contributed by atoms with Crippen LogP contribution >= 0.6 is 0 Å². The molecule has 0 aliphatic heterocycles. The monoisotopic (exact) mass is 246 g/mol. The summed E-state index contributed by atoms with van der Waals surface area (Å²) in [5.41, 5.74) is 5.94. The maximum absolute atomic E-state index is 10.6. The van der Waals surface area contributed by atoms with E-state index in [1.165, 1.54) is 0 Å². The minimum absolute atomic E-state index is 0.306. The first-order valence-electron chi connectivity index (χ1n) is 5.63. The molecule has 0 unspecified atom stereocenters. The van der Waals surface area contributed by atoms with Crippen molar-refractivity contribution in [2.45, 2.75) is 12.8 Å². The highest BCUT2D eigenvalue weighted by atomic mass is 16.1. The number of tetrazole rings is 1. The second-order valence-corrected chi connectivity index (χ2v) is 3.75. The van der Waals surface area contributed by atoms with Crippen molar-refractivity contribution in [3.05, 3.63) is 30.3 Å². The lowest BCUT2D eigenvalue weighted by molar-refractivity contribution is -0.118. The highest BCUT2D eigenvalue weighted by molar-refractivity contribution is 5.73. The van der Waals surface area contributed by atoms with Crippen LogP contribution in [0.1, 0.15) is 12.8 Å². The molecule has 0 fully saturated rings. The second kappa shape index (κ2) is 5.76. The number of carbonyl (C=O) groups is 1. The molecule has 1 heterocycles. The van der Waals surface area contributed by atoms with Crippen LogP contribution < -0.4 is 11.1 Å². The summed E-state index contributed by atoms with van der Waals surface area (Å²) in [5, 5.41) is 14.5. The SMILES string of the molecule is NC(=O)CCCNc1nnnn1-c1ccccc1. The number of aromatic nitrogens is 4. The van der Waals surface area contributed by atoms with Crippen LogP contribution in [0.4, 0.5) is 5.95 Å². The van der Waals surface area contributed by atoms with Crippen molar-refractivity contribution >= 4 is 11.9 Å². The van der Waals surface area contributed by atoms with Gasteiger partial charge < -0.3 is 11.1 Å². The van der Waals surface area contributed by atoms with Gasteiger partial charge in [-0.15, -0.1) is 0 Å². The zero-order valence-electron chi connectivity index (χ0n) is 9.78. The van der Waals surface area contributed by atoms with E-state index in [4.69, 9.17) is 5.73 Å². The van der Waals surface area contributed by atoms with Crippen LogP contribution in [0.2, 0.25) is 0 Å². The lowest BCUT2D eigenvalue weighted by Gasteiger charge is -2.05. The Morgan fingerprint density at radius 2 is 2.11 bits per heavy atom. The molecule has 18 heavy (non-hydrogen) atoms. The molecule has 0 saturated carbocycles. The highest BCUT2D eigenvalue weighted by Crippen LogP contribution is 2.10. The molecule has 0 aliphatic carbocycles. The number of nitrogens with zero attached hydrogens (tertiary/aromatic N) is 4. The maximum atomic E-state index is 10.6. The van der Waals surface area contributed by atoms with E-state index >= 15 is 0 Å². The van der Waals surface area contributed by atoms with Crippen molar-refractivity contribution in [3.8, 4) is 5.69 Å². The molecule has 0 aliphatic rings. The van der Waals surface area contributed by atoms with Crippen LogP contribution in [0.15, 0.2) is 30.3 Å². The van der Waals surface area contributed by atoms with E-state index in [0.717, 1.165) is 5.69 Å². The van der Waals surface area contributed by atoms with Crippen molar-refractivity contribution in [2.24, 2.45) is 5.73 Å². The van der Waals surface area contributed by atoms with E-state index in [1.807, 2.05) is 30.3 Å². The fraction of sp³-hybridized carbons (Fsp3) is 0.273. The topological polar surface area (TPSA) is 98.7 Å². The quantitative estimate of drug-likeness (QED) is 0.716. The molecular weight excluding hydrogens is 232 g/mol. The number of para-hydroxylation sites is 1. The normalized spacial score (nSPS) is 10.2. The largest absolute Gasteiger partial charge is 0.370 e. The van der Waals surface area contributed by atoms with Gasteiger partial charge in [0.15, 0.2) is 0 Å². The van der Waals surface area contributed by atoms with Gasteiger partial charge in [0, 0.05) is 13.0 Å². The van der Waals surface area contributed by atoms with Gasteiger partial charge in [0.2, 0.25) is 11.9 Å². The zero-order chi connectivity index (χ0) is 12.8. The van der Waals surface area contributed by atoms with E-state index < -0.39 is 0 Å². The highest BCUT2D eigenvalue weighted by Gasteiger charge is 2.06. The molecule has 7 nitrogen and oxygen atoms in total. The number of hydrogen-bond acceptors (Lipinski definition) is 5. The van der Waals surface area contributed by atoms with E-state index in [2.05, 4.69) is 20.8 Å². The molecule has 7 heteroatoms. The second-order valence-electron chi connectivity index (χ2n) is 3.75. The molecule has 3 N–H and O–H groups in total. The molecule has 0 bridgehead atoms. The Morgan fingerprint density at radius 1 is 1.33 bits per heavy atom. The van der Waals surface area contributed by atoms with Crippen LogP contribution in [-0.4, -0.2) is 32.7 Å². The lowest BCUT2D eigenvalue weighted by atomic mass is 10.3. The van der Waals surface area contributed by atoms with Gasteiger partial charge in [-0.05, 0) is 29.0 Å². The first-order valence-corrected chi connectivity index (χ1v) is 5.63. The third-order valence-electron chi connectivity index (χ3n) is 2.35. The molecule has 0 saturated heterocycles. The molecule has 2 aromatic rings. The molecule has 0 radical (unpaired) electrons. The zero-order valence-corrected chi connectivity index (χ0v) is 9.78. The Bertz CT molecular complexity index is 509. The maximum Gasteiger partial charge on any atom is 0.247 e. The van der Waals surface area contributed by atoms with E-state index in [1.54, 1.807) is 4.68 Å². The Kier molecular flexibility index (Phi) is 3.85. The van der Waals surface area contributed by atoms with Crippen LogP contribution in [-0.2, 0) is 4.79 Å². The van der Waals surface area contributed by atoms with Gasteiger partial charge in [-0.3, -0.25) is 4.79 Å². The fourth-order valence-electron chi connectivity index (χ4n) is 1.50. The van der Waals surface area contributed by atoms with Crippen LogP contribution in [0.25, 0.3) is 5.69 Å². The van der Waals surface area contributed by atoms with Gasteiger partial charge in [-0.1, -0.05) is 23.3 Å². The number of nitrogens with one attached hydrogen (secondary N) is 1. The van der Waals surface area contributed by atoms with Gasteiger partial charge in [-0.2, -0.15) is 4.68 Å². The van der Waals surface area contributed by atoms with Crippen molar-refractivity contribution in [2.75, 3.05) is 11.9 Å². The van der Waals surface area contributed by atoms with E-state index in [-0.39, 0.29) is 5.91 Å². The Labute approximate surface area is 104 Å². The summed E-state index contributed by atoms with van der Waals surface area (Å²) in [7, 11) is 0. The van der Waals surface area contributed by atoms with E-state index in [9.17, 15) is 4.79 Å². The smallest absolute Gasteiger partial charge is 0.247 e. The number of benzene rings is 1. The number of anilines is 1. The summed E-state index contributed by atoms with van der Waals surface area (Å²) in [5.74, 6) is 0.241. The van der Waals surface area contributed by atoms with Gasteiger partial charge in [0.25, 0.3) is 0 Å². The molecule has 2 rings (SSSR count). The molecule has 1 amide bonds. The predicted octanol–water partition coefficient (Wildman–Crippen LogP) is 0.340. The average molecular weight is 246 g/mol. The van der Waals surface area contributed by atoms with Crippen molar-refractivity contribution in [1.29, 1.82) is 0 Å². The molecule has 1 aromatic carbocycles. The number of carbonyl (C=O) groups excluding carboxylic acids is 1. The number of hydrogen-bond donors (Lipinski definition) is 2. The fourth-order valence-corrected chi connectivity index (χ4v) is 1.50. The summed E-state index contributed by atoms with van der Waals surface area (Å²) in [6.45, 7) is 0.593. The standard InChI is InChI=1S/C11H14N6O/c12-10(18)7-4-8-13-11-14-15-16-17(11)9-5-2-1-3-6-9/h1-3,5-6H,4,7-8H2,(H2,12,18)(H,13,14,16). The summed E-state index contributed by atoms with van der Waals surface area (Å²) in [6, 6.07) is 9.56. The predicted molar refractivity (Wildman–Crippen MR) is 66.1 cm³/mol. The molecule has 0 atom stereocenters. The Balaban J connectivity index is 1.98. The van der Waals surface area contributed by atoms with Gasteiger partial charge in [-0.25, -0.2) is 0 Å². The van der Waals surface area contributed by atoms with Crippen molar-refractivity contribution in [1.82, 2.24) is 20.2 Å². The van der Waals surface area contributed by atoms with E-state index in [0.29, 0.717) is 25.3 Å². The van der Waals surface area contributed by atoms with Crippen LogP contribution in [0.5, 0.6) is 0 Å². The molecule has 0 spiro atoms. The average Bonchev–Trinajstić information content (AvgIpc) is 2.84. The number of primary amides is 1. The van der Waals surface area contributed by atoms with Crippen molar-refractivity contribution < 1.29 is 4.79 Å². The third-order valence-corrected chi connectivity index (χ3v) is 2.35. The summed E-state index contributed by atoms with van der Waals surface area (Å²) in [6.07, 6.45) is 0.997. The first-order chi connectivity index (χ1) is 8.77. The van der Waals surface area contributed by atoms with Crippen molar-refractivity contribution in [3.63, 3.8) is 0 Å². The van der Waals surface area contributed by atoms with Gasteiger partial charge >= 0.3 is 0 Å². The molecule has 1 aromatic heterocycles. The summed E-state index contributed by atoms with van der Waals surface area (Å²) >= 11 is 0. The van der Waals surface area contributed by atoms with Crippen LogP contribution in [0.3, 0.4) is 0 Å². The number of nitrogens with two attached hydrogens (primary N) is 1. The Morgan fingerprint density at radius 3 is 2.83 bits per heavy atom. The minimum Gasteiger partial charge on any atom is -0.370 e. The lowest BCUT2D eigenvalue weighted by Crippen LogP contribution is -2.14. The third kappa shape index (κ3) is 3.03. The van der Waals surface area contributed by atoms with Gasteiger partial charge in [0.05, 0.1) is 5.69 Å². The first kappa shape index (κ1) is 12.0. The molecular formula is C11H14N6O. The molecule has 94 valence electrons. The van der Waals surface area contributed by atoms with Gasteiger partial charge in [0.1, 0.15) is 0 Å². The number of amides is 1.